The summed E-state index contributed by atoms with van der Waals surface area (Å²) in [5.41, 5.74) is 8.73. The first-order valence-electron chi connectivity index (χ1n) is 6.81. The van der Waals surface area contributed by atoms with Crippen LogP contribution in [0.2, 0.25) is 5.02 Å². The van der Waals surface area contributed by atoms with Gasteiger partial charge in [-0.2, -0.15) is 5.10 Å². The molecule has 0 aliphatic rings. The molecular formula is C15H11ClN6O. The number of benzene rings is 1. The Kier molecular flexibility index (Phi) is 2.85. The van der Waals surface area contributed by atoms with Gasteiger partial charge < -0.3 is 10.7 Å². The average molecular weight is 327 g/mol. The first-order valence-corrected chi connectivity index (χ1v) is 7.19. The number of fused-ring (bicyclic) bond motifs is 2. The smallest absolute Gasteiger partial charge is 0.252 e. The Labute approximate surface area is 135 Å². The Hall–Kier alpha value is -2.93. The van der Waals surface area contributed by atoms with Crippen LogP contribution in [0.1, 0.15) is 10.4 Å². The second-order valence-electron chi connectivity index (χ2n) is 5.15. The van der Waals surface area contributed by atoms with E-state index < -0.39 is 5.91 Å². The van der Waals surface area contributed by atoms with Gasteiger partial charge in [0.05, 0.1) is 17.3 Å². The Bertz CT molecular complexity index is 1080. The first-order chi connectivity index (χ1) is 11.0. The van der Waals surface area contributed by atoms with Crippen LogP contribution in [-0.2, 0) is 7.05 Å². The Balaban J connectivity index is 1.99. The molecule has 0 atom stereocenters. The number of aromatic nitrogens is 5. The maximum Gasteiger partial charge on any atom is 0.252 e. The molecule has 0 bridgehead atoms. The molecule has 0 saturated heterocycles. The van der Waals surface area contributed by atoms with Crippen molar-refractivity contribution in [2.24, 2.45) is 12.8 Å². The van der Waals surface area contributed by atoms with Gasteiger partial charge in [-0.3, -0.25) is 9.48 Å². The highest BCUT2D eigenvalue weighted by molar-refractivity contribution is 6.31. The van der Waals surface area contributed by atoms with E-state index in [0.717, 1.165) is 10.9 Å². The van der Waals surface area contributed by atoms with Crippen LogP contribution >= 0.6 is 11.6 Å². The van der Waals surface area contributed by atoms with E-state index in [-0.39, 0.29) is 0 Å². The van der Waals surface area contributed by atoms with E-state index in [1.54, 1.807) is 16.9 Å². The summed E-state index contributed by atoms with van der Waals surface area (Å²) >= 11 is 6.04. The molecule has 0 spiro atoms. The van der Waals surface area contributed by atoms with Crippen molar-refractivity contribution in [3.8, 4) is 11.4 Å². The largest absolute Gasteiger partial charge is 0.365 e. The number of carbonyl (C=O) groups is 1. The van der Waals surface area contributed by atoms with E-state index in [4.69, 9.17) is 17.3 Å². The molecule has 3 heterocycles. The second-order valence-corrected chi connectivity index (χ2v) is 5.59. The van der Waals surface area contributed by atoms with Crippen LogP contribution in [0.3, 0.4) is 0 Å². The first kappa shape index (κ1) is 13.7. The van der Waals surface area contributed by atoms with Gasteiger partial charge in [-0.1, -0.05) is 11.6 Å². The molecule has 3 N–H and O–H groups in total. The molecule has 0 radical (unpaired) electrons. The lowest BCUT2D eigenvalue weighted by molar-refractivity contribution is 0.100. The summed E-state index contributed by atoms with van der Waals surface area (Å²) in [6.45, 7) is 0. The standard InChI is InChI=1S/C15H11ClN6O/c1-22-11-4-7(16)2-3-8(11)12(21-22)10-6-19-15-13(20-10)9(5-18-15)14(17)23/h2-6H,1H3,(H2,17,23)(H,18,19). The third-order valence-electron chi connectivity index (χ3n) is 3.70. The van der Waals surface area contributed by atoms with Crippen molar-refractivity contribution in [1.82, 2.24) is 24.7 Å². The minimum atomic E-state index is -0.555. The molecule has 3 aromatic heterocycles. The molecule has 0 saturated carbocycles. The molecule has 23 heavy (non-hydrogen) atoms. The highest BCUT2D eigenvalue weighted by atomic mass is 35.5. The molecular weight excluding hydrogens is 316 g/mol. The van der Waals surface area contributed by atoms with Crippen LogP contribution in [0.25, 0.3) is 33.5 Å². The van der Waals surface area contributed by atoms with Gasteiger partial charge in [-0.25, -0.2) is 9.97 Å². The number of aryl methyl sites for hydroxylation is 1. The molecule has 0 unspecified atom stereocenters. The quantitative estimate of drug-likeness (QED) is 0.589. The molecule has 0 aliphatic carbocycles. The summed E-state index contributed by atoms with van der Waals surface area (Å²) in [7, 11) is 1.83. The van der Waals surface area contributed by atoms with E-state index in [9.17, 15) is 4.79 Å². The van der Waals surface area contributed by atoms with Crippen LogP contribution in [0, 0.1) is 0 Å². The third kappa shape index (κ3) is 2.05. The number of hydrogen-bond donors (Lipinski definition) is 2. The minimum Gasteiger partial charge on any atom is -0.365 e. The fraction of sp³-hybridized carbons (Fsp3) is 0.0667. The summed E-state index contributed by atoms with van der Waals surface area (Å²) in [5.74, 6) is -0.555. The Morgan fingerprint density at radius 2 is 2.22 bits per heavy atom. The lowest BCUT2D eigenvalue weighted by Gasteiger charge is -1.99. The fourth-order valence-corrected chi connectivity index (χ4v) is 2.78. The molecule has 0 fully saturated rings. The zero-order valence-electron chi connectivity index (χ0n) is 12.0. The van der Waals surface area contributed by atoms with E-state index in [1.165, 1.54) is 6.20 Å². The third-order valence-corrected chi connectivity index (χ3v) is 3.94. The topological polar surface area (TPSA) is 102 Å². The van der Waals surface area contributed by atoms with Gasteiger partial charge >= 0.3 is 0 Å². The summed E-state index contributed by atoms with van der Waals surface area (Å²) in [5, 5.41) is 6.03. The predicted molar refractivity (Wildman–Crippen MR) is 87.1 cm³/mol. The lowest BCUT2D eigenvalue weighted by Crippen LogP contribution is -2.10. The number of nitrogens with two attached hydrogens (primary N) is 1. The van der Waals surface area contributed by atoms with Crippen LogP contribution in [0.15, 0.2) is 30.6 Å². The van der Waals surface area contributed by atoms with E-state index >= 15 is 0 Å². The number of aromatic amines is 1. The molecule has 1 aromatic carbocycles. The van der Waals surface area contributed by atoms with Gasteiger partial charge in [0.2, 0.25) is 0 Å². The average Bonchev–Trinajstić information content (AvgIpc) is 3.08. The summed E-state index contributed by atoms with van der Waals surface area (Å²) in [4.78, 5) is 23.2. The van der Waals surface area contributed by atoms with Crippen LogP contribution < -0.4 is 5.73 Å². The van der Waals surface area contributed by atoms with Gasteiger partial charge in [-0.05, 0) is 18.2 Å². The zero-order chi connectivity index (χ0) is 16.1. The van der Waals surface area contributed by atoms with Gasteiger partial charge in [0.1, 0.15) is 16.9 Å². The summed E-state index contributed by atoms with van der Waals surface area (Å²) in [6.07, 6.45) is 3.12. The number of rotatable bonds is 2. The van der Waals surface area contributed by atoms with E-state index in [1.807, 2.05) is 19.2 Å². The monoisotopic (exact) mass is 326 g/mol. The Morgan fingerprint density at radius 1 is 1.39 bits per heavy atom. The molecule has 8 heteroatoms. The molecule has 4 aromatic rings. The molecule has 1 amide bonds. The minimum absolute atomic E-state index is 0.303. The van der Waals surface area contributed by atoms with Crippen LogP contribution in [0.4, 0.5) is 0 Å². The van der Waals surface area contributed by atoms with Crippen molar-refractivity contribution in [3.05, 3.63) is 41.2 Å². The van der Waals surface area contributed by atoms with Crippen molar-refractivity contribution in [2.45, 2.75) is 0 Å². The van der Waals surface area contributed by atoms with Gasteiger partial charge in [0.25, 0.3) is 5.91 Å². The number of H-pyrrole nitrogens is 1. The number of hydrogen-bond acceptors (Lipinski definition) is 4. The van der Waals surface area contributed by atoms with Crippen LogP contribution in [-0.4, -0.2) is 30.6 Å². The highest BCUT2D eigenvalue weighted by Gasteiger charge is 2.16. The number of halogens is 1. The molecule has 0 aliphatic heterocycles. The molecule has 7 nitrogen and oxygen atoms in total. The summed E-state index contributed by atoms with van der Waals surface area (Å²) in [6, 6.07) is 5.52. The zero-order valence-corrected chi connectivity index (χ0v) is 12.8. The normalized spacial score (nSPS) is 11.4. The maximum absolute atomic E-state index is 11.5. The van der Waals surface area contributed by atoms with Crippen molar-refractivity contribution >= 4 is 39.6 Å². The SMILES string of the molecule is Cn1nc(-c2cnc3[nH]cc(C(N)=O)c3n2)c2ccc(Cl)cc21. The van der Waals surface area contributed by atoms with Gasteiger partial charge in [-0.15, -0.1) is 0 Å². The fourth-order valence-electron chi connectivity index (χ4n) is 2.61. The number of carbonyl (C=O) groups excluding carboxylic acids is 1. The van der Waals surface area contributed by atoms with E-state index in [2.05, 4.69) is 20.1 Å². The highest BCUT2D eigenvalue weighted by Crippen LogP contribution is 2.29. The van der Waals surface area contributed by atoms with Gasteiger partial charge in [0.15, 0.2) is 5.65 Å². The Morgan fingerprint density at radius 3 is 3.00 bits per heavy atom. The summed E-state index contributed by atoms with van der Waals surface area (Å²) < 4.78 is 1.73. The number of amides is 1. The van der Waals surface area contributed by atoms with Crippen molar-refractivity contribution in [1.29, 1.82) is 0 Å². The number of nitrogens with one attached hydrogen (secondary N) is 1. The number of nitrogens with zero attached hydrogens (tertiary/aromatic N) is 4. The number of primary amides is 1. The van der Waals surface area contributed by atoms with E-state index in [0.29, 0.717) is 33.1 Å². The van der Waals surface area contributed by atoms with Crippen LogP contribution in [0.5, 0.6) is 0 Å². The van der Waals surface area contributed by atoms with Gasteiger partial charge in [0, 0.05) is 23.7 Å². The predicted octanol–water partition coefficient (Wildman–Crippen LogP) is 2.26. The lowest BCUT2D eigenvalue weighted by atomic mass is 10.1. The van der Waals surface area contributed by atoms with Crippen molar-refractivity contribution < 1.29 is 4.79 Å². The second kappa shape index (κ2) is 4.79. The van der Waals surface area contributed by atoms with Crippen molar-refractivity contribution in [3.63, 3.8) is 0 Å². The molecule has 114 valence electrons. The maximum atomic E-state index is 11.5. The molecule has 4 rings (SSSR count). The van der Waals surface area contributed by atoms with Crippen molar-refractivity contribution in [2.75, 3.05) is 0 Å².